The van der Waals surface area contributed by atoms with Crippen molar-refractivity contribution in [2.24, 2.45) is 0 Å². The number of rotatable bonds is 13. The Bertz CT molecular complexity index is 714. The summed E-state index contributed by atoms with van der Waals surface area (Å²) in [6.45, 7) is 4.90. The van der Waals surface area contributed by atoms with Crippen LogP contribution in [0.2, 0.25) is 5.02 Å². The molecule has 1 aromatic heterocycles. The van der Waals surface area contributed by atoms with Crippen LogP contribution in [0.15, 0.2) is 42.6 Å². The summed E-state index contributed by atoms with van der Waals surface area (Å²) in [6.07, 6.45) is 7.99. The van der Waals surface area contributed by atoms with Crippen molar-refractivity contribution in [3.8, 4) is 0 Å². The Labute approximate surface area is 174 Å². The Kier molecular flexibility index (Phi) is 10.2. The van der Waals surface area contributed by atoms with Gasteiger partial charge in [0.25, 0.3) is 0 Å². The van der Waals surface area contributed by atoms with Crippen molar-refractivity contribution in [2.45, 2.75) is 58.5 Å². The first-order valence-corrected chi connectivity index (χ1v) is 10.7. The van der Waals surface area contributed by atoms with Gasteiger partial charge in [-0.3, -0.25) is 4.79 Å². The van der Waals surface area contributed by atoms with Gasteiger partial charge in [-0.1, -0.05) is 56.0 Å². The molecule has 0 atom stereocenters. The van der Waals surface area contributed by atoms with Gasteiger partial charge < -0.3 is 14.2 Å². The molecule has 0 aliphatic rings. The first-order valence-electron chi connectivity index (χ1n) is 10.3. The molecule has 0 aliphatic heterocycles. The second-order valence-corrected chi connectivity index (χ2v) is 7.60. The first kappa shape index (κ1) is 22.5. The number of hydrogen-bond acceptors (Lipinski definition) is 2. The minimum Gasteiger partial charge on any atom is -0.385 e. The van der Waals surface area contributed by atoms with E-state index in [1.165, 1.54) is 12.8 Å². The summed E-state index contributed by atoms with van der Waals surface area (Å²) in [6, 6.07) is 12.0. The molecule has 0 radical (unpaired) electrons. The van der Waals surface area contributed by atoms with Crippen LogP contribution in [0, 0.1) is 0 Å². The molecule has 4 nitrogen and oxygen atoms in total. The van der Waals surface area contributed by atoms with Gasteiger partial charge in [0.05, 0.1) is 6.54 Å². The van der Waals surface area contributed by atoms with E-state index in [0.717, 1.165) is 42.1 Å². The number of unbranched alkanes of at least 4 members (excludes halogenated alkanes) is 3. The molecule has 0 N–H and O–H groups in total. The van der Waals surface area contributed by atoms with Crippen LogP contribution in [-0.4, -0.2) is 35.6 Å². The summed E-state index contributed by atoms with van der Waals surface area (Å²) in [5, 5.41) is 0.770. The van der Waals surface area contributed by atoms with Crippen molar-refractivity contribution in [1.29, 1.82) is 0 Å². The lowest BCUT2D eigenvalue weighted by Gasteiger charge is -2.24. The summed E-state index contributed by atoms with van der Waals surface area (Å²) >= 11 is 6.33. The van der Waals surface area contributed by atoms with Crippen molar-refractivity contribution in [2.75, 3.05) is 20.3 Å². The third-order valence-electron chi connectivity index (χ3n) is 4.95. The predicted octanol–water partition coefficient (Wildman–Crippen LogP) is 5.53. The zero-order chi connectivity index (χ0) is 20.2. The fourth-order valence-corrected chi connectivity index (χ4v) is 3.50. The van der Waals surface area contributed by atoms with E-state index >= 15 is 0 Å². The number of ether oxygens (including phenoxy) is 1. The van der Waals surface area contributed by atoms with Crippen LogP contribution in [0.25, 0.3) is 0 Å². The van der Waals surface area contributed by atoms with Crippen molar-refractivity contribution in [3.63, 3.8) is 0 Å². The van der Waals surface area contributed by atoms with E-state index in [2.05, 4.69) is 23.8 Å². The first-order chi connectivity index (χ1) is 13.7. The summed E-state index contributed by atoms with van der Waals surface area (Å²) in [5.41, 5.74) is 2.21. The number of benzene rings is 1. The lowest BCUT2D eigenvalue weighted by atomic mass is 10.1. The molecule has 1 aromatic carbocycles. The van der Waals surface area contributed by atoms with Gasteiger partial charge in [-0.2, -0.15) is 0 Å². The summed E-state index contributed by atoms with van der Waals surface area (Å²) in [5.74, 6) is 0.234. The highest BCUT2D eigenvalue weighted by Crippen LogP contribution is 2.18. The number of aromatic nitrogens is 1. The van der Waals surface area contributed by atoms with E-state index in [-0.39, 0.29) is 5.91 Å². The predicted molar refractivity (Wildman–Crippen MR) is 116 cm³/mol. The average Bonchev–Trinajstić information content (AvgIpc) is 3.13. The van der Waals surface area contributed by atoms with Crippen molar-refractivity contribution < 1.29 is 9.53 Å². The van der Waals surface area contributed by atoms with Crippen LogP contribution >= 0.6 is 11.6 Å². The molecule has 1 amide bonds. The fraction of sp³-hybridized carbons (Fsp3) is 0.522. The van der Waals surface area contributed by atoms with Crippen LogP contribution in [-0.2, 0) is 22.6 Å². The van der Waals surface area contributed by atoms with Gasteiger partial charge >= 0.3 is 0 Å². The quantitative estimate of drug-likeness (QED) is 0.411. The van der Waals surface area contributed by atoms with Gasteiger partial charge in [-0.05, 0) is 36.6 Å². The number of halogens is 1. The minimum atomic E-state index is 0.234. The zero-order valence-corrected chi connectivity index (χ0v) is 18.0. The molecule has 5 heteroatoms. The highest BCUT2D eigenvalue weighted by Gasteiger charge is 2.15. The normalized spacial score (nSPS) is 11.0. The van der Waals surface area contributed by atoms with Crippen LogP contribution in [0.1, 0.15) is 56.7 Å². The van der Waals surface area contributed by atoms with Gasteiger partial charge in [0.2, 0.25) is 5.91 Å². The molecular weight excluding hydrogens is 372 g/mol. The highest BCUT2D eigenvalue weighted by atomic mass is 35.5. The minimum absolute atomic E-state index is 0.234. The molecule has 2 rings (SSSR count). The van der Waals surface area contributed by atoms with Crippen LogP contribution in [0.5, 0.6) is 0 Å². The van der Waals surface area contributed by atoms with Gasteiger partial charge in [0.1, 0.15) is 0 Å². The van der Waals surface area contributed by atoms with E-state index in [4.69, 9.17) is 16.3 Å². The lowest BCUT2D eigenvalue weighted by molar-refractivity contribution is -0.132. The molecule has 0 unspecified atom stereocenters. The second kappa shape index (κ2) is 12.6. The molecule has 0 spiro atoms. The Morgan fingerprint density at radius 1 is 1.11 bits per heavy atom. The van der Waals surface area contributed by atoms with Gasteiger partial charge in [0.15, 0.2) is 0 Å². The Morgan fingerprint density at radius 3 is 2.68 bits per heavy atom. The molecule has 0 saturated heterocycles. The molecular formula is C23H33ClN2O2. The Hall–Kier alpha value is -1.78. The smallest absolute Gasteiger partial charge is 0.222 e. The monoisotopic (exact) mass is 404 g/mol. The Balaban J connectivity index is 2.03. The number of nitrogens with zero attached hydrogens (tertiary/aromatic N) is 2. The fourth-order valence-electron chi connectivity index (χ4n) is 3.31. The number of carbonyl (C=O) groups excluding carboxylic acids is 1. The van der Waals surface area contributed by atoms with E-state index in [1.54, 1.807) is 7.11 Å². The molecule has 0 aliphatic carbocycles. The van der Waals surface area contributed by atoms with Crippen molar-refractivity contribution >= 4 is 17.5 Å². The number of hydrogen-bond donors (Lipinski definition) is 0. The maximum atomic E-state index is 12.8. The molecule has 0 bridgehead atoms. The summed E-state index contributed by atoms with van der Waals surface area (Å²) in [7, 11) is 1.70. The van der Waals surface area contributed by atoms with E-state index < -0.39 is 0 Å². The van der Waals surface area contributed by atoms with Gasteiger partial charge in [-0.15, -0.1) is 0 Å². The van der Waals surface area contributed by atoms with Gasteiger partial charge in [-0.25, -0.2) is 0 Å². The molecule has 0 fully saturated rings. The largest absolute Gasteiger partial charge is 0.385 e. The molecule has 0 saturated carbocycles. The Morgan fingerprint density at radius 2 is 1.93 bits per heavy atom. The topological polar surface area (TPSA) is 34.5 Å². The second-order valence-electron chi connectivity index (χ2n) is 7.19. The lowest BCUT2D eigenvalue weighted by Crippen LogP contribution is -2.32. The third kappa shape index (κ3) is 7.33. The maximum absolute atomic E-state index is 12.8. The number of carbonyl (C=O) groups is 1. The maximum Gasteiger partial charge on any atom is 0.222 e. The SMILES string of the molecule is CCCCCCC(=O)N(CCCOC)Cc1cccn1Cc1ccccc1Cl. The standard InChI is InChI=1S/C23H33ClN2O2/c1-3-4-5-6-14-23(27)26(16-10-17-28-2)19-21-12-9-15-25(21)18-20-11-7-8-13-22(20)24/h7-9,11-13,15H,3-6,10,14,16-19H2,1-2H3. The molecule has 1 heterocycles. The van der Waals surface area contributed by atoms with Crippen molar-refractivity contribution in [1.82, 2.24) is 9.47 Å². The number of methoxy groups -OCH3 is 1. The average molecular weight is 405 g/mol. The summed E-state index contributed by atoms with van der Waals surface area (Å²) < 4.78 is 7.35. The van der Waals surface area contributed by atoms with Crippen molar-refractivity contribution in [3.05, 3.63) is 58.9 Å². The molecule has 154 valence electrons. The van der Waals surface area contributed by atoms with E-state index in [1.807, 2.05) is 35.2 Å². The van der Waals surface area contributed by atoms with Crippen LogP contribution in [0.3, 0.4) is 0 Å². The highest BCUT2D eigenvalue weighted by molar-refractivity contribution is 6.31. The zero-order valence-electron chi connectivity index (χ0n) is 17.2. The van der Waals surface area contributed by atoms with Crippen LogP contribution < -0.4 is 0 Å². The van der Waals surface area contributed by atoms with Gasteiger partial charge in [0, 0.05) is 50.1 Å². The number of amides is 1. The third-order valence-corrected chi connectivity index (χ3v) is 5.32. The molecule has 2 aromatic rings. The molecule has 28 heavy (non-hydrogen) atoms. The van der Waals surface area contributed by atoms with E-state index in [9.17, 15) is 4.79 Å². The van der Waals surface area contributed by atoms with Crippen LogP contribution in [0.4, 0.5) is 0 Å². The summed E-state index contributed by atoms with van der Waals surface area (Å²) in [4.78, 5) is 14.8. The van der Waals surface area contributed by atoms with E-state index in [0.29, 0.717) is 26.1 Å².